The Hall–Kier alpha value is -1.67. The van der Waals surface area contributed by atoms with E-state index in [0.717, 1.165) is 22.3 Å². The van der Waals surface area contributed by atoms with Crippen LogP contribution in [0.3, 0.4) is 0 Å². The van der Waals surface area contributed by atoms with Gasteiger partial charge in [0.25, 0.3) is 0 Å². The van der Waals surface area contributed by atoms with Gasteiger partial charge in [-0.15, -0.1) is 0 Å². The van der Waals surface area contributed by atoms with E-state index in [1.807, 2.05) is 32.9 Å². The zero-order chi connectivity index (χ0) is 13.3. The van der Waals surface area contributed by atoms with Gasteiger partial charge in [0.05, 0.1) is 0 Å². The lowest BCUT2D eigenvalue weighted by Gasteiger charge is -2.10. The number of benzene rings is 1. The molecule has 0 atom stereocenters. The summed E-state index contributed by atoms with van der Waals surface area (Å²) in [7, 11) is 0. The molecule has 0 radical (unpaired) electrons. The first-order chi connectivity index (χ1) is 8.49. The van der Waals surface area contributed by atoms with Crippen LogP contribution in [0.1, 0.15) is 32.6 Å². The monoisotopic (exact) mass is 259 g/mol. The Kier molecular flexibility index (Phi) is 3.48. The number of rotatable bonds is 2. The molecule has 1 aromatic heterocycles. The smallest absolute Gasteiger partial charge is 0.195 e. The zero-order valence-corrected chi connectivity index (χ0v) is 11.4. The van der Waals surface area contributed by atoms with Gasteiger partial charge in [-0.2, -0.15) is 0 Å². The van der Waals surface area contributed by atoms with E-state index < -0.39 is 0 Å². The van der Waals surface area contributed by atoms with E-state index >= 15 is 0 Å². The van der Waals surface area contributed by atoms with E-state index in [0.29, 0.717) is 10.7 Å². The minimum atomic E-state index is -0.00540. The molecule has 0 bridgehead atoms. The number of ketones is 1. The molecule has 0 amide bonds. The Labute approximate surface area is 112 Å². The SMILES string of the molecule is Cc1cc(C)c(C(=O)c2ccc(Cl)nc2)c(C)c1. The number of aryl methyl sites for hydroxylation is 3. The lowest BCUT2D eigenvalue weighted by molar-refractivity contribution is 0.103. The zero-order valence-electron chi connectivity index (χ0n) is 10.6. The number of carbonyl (C=O) groups excluding carboxylic acids is 1. The molecule has 1 aromatic carbocycles. The molecular formula is C15H14ClNO. The van der Waals surface area contributed by atoms with Gasteiger partial charge >= 0.3 is 0 Å². The predicted molar refractivity (Wildman–Crippen MR) is 73.3 cm³/mol. The largest absolute Gasteiger partial charge is 0.289 e. The third kappa shape index (κ3) is 2.44. The van der Waals surface area contributed by atoms with Gasteiger partial charge in [0.1, 0.15) is 5.15 Å². The molecule has 0 aliphatic rings. The summed E-state index contributed by atoms with van der Waals surface area (Å²) in [6.45, 7) is 5.94. The molecule has 1 heterocycles. The van der Waals surface area contributed by atoms with Crippen LogP contribution in [0.2, 0.25) is 5.15 Å². The molecule has 2 aromatic rings. The highest BCUT2D eigenvalue weighted by Crippen LogP contribution is 2.20. The molecule has 92 valence electrons. The summed E-state index contributed by atoms with van der Waals surface area (Å²) in [5, 5.41) is 0.393. The third-order valence-electron chi connectivity index (χ3n) is 2.89. The van der Waals surface area contributed by atoms with Crippen molar-refractivity contribution >= 4 is 17.4 Å². The molecule has 0 aliphatic heterocycles. The highest BCUT2D eigenvalue weighted by atomic mass is 35.5. The second-order valence-corrected chi connectivity index (χ2v) is 4.86. The normalized spacial score (nSPS) is 10.4. The Bertz CT molecular complexity index is 579. The van der Waals surface area contributed by atoms with Crippen LogP contribution in [0.15, 0.2) is 30.5 Å². The maximum absolute atomic E-state index is 12.4. The Morgan fingerprint density at radius 3 is 2.22 bits per heavy atom. The van der Waals surface area contributed by atoms with E-state index in [2.05, 4.69) is 4.98 Å². The molecule has 0 saturated carbocycles. The fourth-order valence-corrected chi connectivity index (χ4v) is 2.30. The van der Waals surface area contributed by atoms with E-state index in [4.69, 9.17) is 11.6 Å². The van der Waals surface area contributed by atoms with Gasteiger partial charge in [-0.25, -0.2) is 4.98 Å². The van der Waals surface area contributed by atoms with Crippen LogP contribution in [0, 0.1) is 20.8 Å². The first-order valence-corrected chi connectivity index (χ1v) is 6.11. The van der Waals surface area contributed by atoms with Crippen molar-refractivity contribution in [2.45, 2.75) is 20.8 Å². The highest BCUT2D eigenvalue weighted by Gasteiger charge is 2.15. The first-order valence-electron chi connectivity index (χ1n) is 5.73. The third-order valence-corrected chi connectivity index (χ3v) is 3.12. The minimum Gasteiger partial charge on any atom is -0.289 e. The van der Waals surface area contributed by atoms with Crippen LogP contribution in [-0.2, 0) is 0 Å². The van der Waals surface area contributed by atoms with E-state index in [1.54, 1.807) is 12.1 Å². The quantitative estimate of drug-likeness (QED) is 0.605. The van der Waals surface area contributed by atoms with E-state index in [9.17, 15) is 4.79 Å². The number of pyridine rings is 1. The maximum Gasteiger partial charge on any atom is 0.195 e. The first kappa shape index (κ1) is 12.8. The number of hydrogen-bond donors (Lipinski definition) is 0. The highest BCUT2D eigenvalue weighted by molar-refractivity contribution is 6.29. The number of halogens is 1. The van der Waals surface area contributed by atoms with Crippen molar-refractivity contribution in [3.05, 3.63) is 63.4 Å². The molecule has 2 rings (SSSR count). The topological polar surface area (TPSA) is 30.0 Å². The van der Waals surface area contributed by atoms with Gasteiger partial charge in [0, 0.05) is 17.3 Å². The van der Waals surface area contributed by atoms with Gasteiger partial charge in [0.15, 0.2) is 5.78 Å². The van der Waals surface area contributed by atoms with Gasteiger partial charge in [-0.1, -0.05) is 29.3 Å². The van der Waals surface area contributed by atoms with Crippen molar-refractivity contribution in [1.29, 1.82) is 0 Å². The van der Waals surface area contributed by atoms with Crippen LogP contribution < -0.4 is 0 Å². The van der Waals surface area contributed by atoms with Crippen molar-refractivity contribution in [1.82, 2.24) is 4.98 Å². The van der Waals surface area contributed by atoms with Gasteiger partial charge in [-0.05, 0) is 44.0 Å². The molecule has 0 N–H and O–H groups in total. The minimum absolute atomic E-state index is 0.00540. The molecule has 18 heavy (non-hydrogen) atoms. The molecule has 2 nitrogen and oxygen atoms in total. The summed E-state index contributed by atoms with van der Waals surface area (Å²) in [4.78, 5) is 16.4. The average molecular weight is 260 g/mol. The number of hydrogen-bond acceptors (Lipinski definition) is 2. The standard InChI is InChI=1S/C15H14ClNO/c1-9-6-10(2)14(11(3)7-9)15(18)12-4-5-13(16)17-8-12/h4-8H,1-3H3. The van der Waals surface area contributed by atoms with Crippen molar-refractivity contribution in [2.75, 3.05) is 0 Å². The molecule has 0 spiro atoms. The Morgan fingerprint density at radius 1 is 1.11 bits per heavy atom. The van der Waals surface area contributed by atoms with Crippen LogP contribution in [0.25, 0.3) is 0 Å². The summed E-state index contributed by atoms with van der Waals surface area (Å²) < 4.78 is 0. The van der Waals surface area contributed by atoms with Crippen molar-refractivity contribution in [2.24, 2.45) is 0 Å². The van der Waals surface area contributed by atoms with Gasteiger partial charge in [0.2, 0.25) is 0 Å². The summed E-state index contributed by atoms with van der Waals surface area (Å²) in [6.07, 6.45) is 1.52. The second kappa shape index (κ2) is 4.91. The lowest BCUT2D eigenvalue weighted by Crippen LogP contribution is -2.07. The number of carbonyl (C=O) groups is 1. The average Bonchev–Trinajstić information content (AvgIpc) is 2.28. The fraction of sp³-hybridized carbons (Fsp3) is 0.200. The number of nitrogens with zero attached hydrogens (tertiary/aromatic N) is 1. The molecule has 0 unspecified atom stereocenters. The lowest BCUT2D eigenvalue weighted by atomic mass is 9.94. The van der Waals surface area contributed by atoms with Crippen molar-refractivity contribution < 1.29 is 4.79 Å². The summed E-state index contributed by atoms with van der Waals surface area (Å²) >= 11 is 5.72. The molecule has 3 heteroatoms. The molecule has 0 aliphatic carbocycles. The van der Waals surface area contributed by atoms with E-state index in [-0.39, 0.29) is 5.78 Å². The van der Waals surface area contributed by atoms with Crippen molar-refractivity contribution in [3.63, 3.8) is 0 Å². The van der Waals surface area contributed by atoms with Crippen LogP contribution in [0.4, 0.5) is 0 Å². The predicted octanol–water partition coefficient (Wildman–Crippen LogP) is 3.89. The van der Waals surface area contributed by atoms with Crippen LogP contribution in [0.5, 0.6) is 0 Å². The van der Waals surface area contributed by atoms with Crippen molar-refractivity contribution in [3.8, 4) is 0 Å². The van der Waals surface area contributed by atoms with Crippen LogP contribution in [-0.4, -0.2) is 10.8 Å². The summed E-state index contributed by atoms with van der Waals surface area (Å²) in [5.74, 6) is -0.00540. The van der Waals surface area contributed by atoms with Gasteiger partial charge < -0.3 is 0 Å². The second-order valence-electron chi connectivity index (χ2n) is 4.47. The Morgan fingerprint density at radius 2 is 1.72 bits per heavy atom. The number of aromatic nitrogens is 1. The molecule has 0 saturated heterocycles. The molecular weight excluding hydrogens is 246 g/mol. The van der Waals surface area contributed by atoms with E-state index in [1.165, 1.54) is 6.20 Å². The Balaban J connectivity index is 2.49. The fourth-order valence-electron chi connectivity index (χ4n) is 2.19. The van der Waals surface area contributed by atoms with Gasteiger partial charge in [-0.3, -0.25) is 4.79 Å². The van der Waals surface area contributed by atoms with Crippen LogP contribution >= 0.6 is 11.6 Å². The molecule has 0 fully saturated rings. The summed E-state index contributed by atoms with van der Waals surface area (Å²) in [6, 6.07) is 7.37. The summed E-state index contributed by atoms with van der Waals surface area (Å²) in [5.41, 5.74) is 4.47. The maximum atomic E-state index is 12.4.